The number of carbonyl (C=O) groups is 2. The van der Waals surface area contributed by atoms with Gasteiger partial charge in [-0.2, -0.15) is 0 Å². The van der Waals surface area contributed by atoms with Crippen LogP contribution >= 0.6 is 23.1 Å². The van der Waals surface area contributed by atoms with Crippen LogP contribution in [0.4, 0.5) is 10.8 Å². The minimum Gasteiger partial charge on any atom is -0.497 e. The van der Waals surface area contributed by atoms with Crippen molar-refractivity contribution in [2.45, 2.75) is 10.1 Å². The lowest BCUT2D eigenvalue weighted by Crippen LogP contribution is -2.19. The summed E-state index contributed by atoms with van der Waals surface area (Å²) in [4.78, 5) is 31.9. The van der Waals surface area contributed by atoms with Crippen LogP contribution in [-0.4, -0.2) is 38.1 Å². The highest BCUT2D eigenvalue weighted by molar-refractivity contribution is 8.00. The molecule has 1 unspecified atom stereocenters. The molecule has 1 aromatic heterocycles. The quantitative estimate of drug-likeness (QED) is 0.149. The maximum absolute atomic E-state index is 13.6. The van der Waals surface area contributed by atoms with Crippen molar-refractivity contribution in [2.24, 2.45) is 0 Å². The summed E-state index contributed by atoms with van der Waals surface area (Å²) in [5.41, 5.74) is 3.64. The van der Waals surface area contributed by atoms with E-state index in [1.54, 1.807) is 32.4 Å². The molecular formula is C33H29N3O5S2. The normalized spacial score (nSPS) is 11.3. The van der Waals surface area contributed by atoms with Crippen molar-refractivity contribution in [3.05, 3.63) is 114 Å². The smallest absolute Gasteiger partial charge is 0.255 e. The van der Waals surface area contributed by atoms with Crippen LogP contribution in [-0.2, 0) is 4.79 Å². The second kappa shape index (κ2) is 13.9. The summed E-state index contributed by atoms with van der Waals surface area (Å²) in [6, 6.07) is 29.6. The number of methoxy groups -OCH3 is 3. The zero-order chi connectivity index (χ0) is 30.2. The van der Waals surface area contributed by atoms with Gasteiger partial charge in [0.1, 0.15) is 11.0 Å². The van der Waals surface area contributed by atoms with Crippen LogP contribution in [0.15, 0.2) is 107 Å². The Morgan fingerprint density at radius 2 is 1.51 bits per heavy atom. The summed E-state index contributed by atoms with van der Waals surface area (Å²) in [7, 11) is 4.69. The van der Waals surface area contributed by atoms with E-state index in [9.17, 15) is 9.59 Å². The van der Waals surface area contributed by atoms with Crippen molar-refractivity contribution in [1.82, 2.24) is 4.98 Å². The number of hydrogen-bond acceptors (Lipinski definition) is 8. The number of nitrogens with one attached hydrogen (secondary N) is 2. The van der Waals surface area contributed by atoms with Gasteiger partial charge in [0, 0.05) is 27.1 Å². The number of thiazole rings is 1. The zero-order valence-corrected chi connectivity index (χ0v) is 25.3. The van der Waals surface area contributed by atoms with Crippen molar-refractivity contribution in [3.8, 4) is 28.5 Å². The molecule has 0 aliphatic heterocycles. The molecule has 2 N–H and O–H groups in total. The van der Waals surface area contributed by atoms with Gasteiger partial charge in [-0.15, -0.1) is 23.1 Å². The van der Waals surface area contributed by atoms with Gasteiger partial charge < -0.3 is 24.8 Å². The Labute approximate surface area is 258 Å². The first-order valence-electron chi connectivity index (χ1n) is 13.2. The average molecular weight is 612 g/mol. The van der Waals surface area contributed by atoms with E-state index >= 15 is 0 Å². The van der Waals surface area contributed by atoms with Crippen molar-refractivity contribution in [3.63, 3.8) is 0 Å². The molecule has 0 fully saturated rings. The van der Waals surface area contributed by atoms with Crippen molar-refractivity contribution in [1.29, 1.82) is 0 Å². The van der Waals surface area contributed by atoms with E-state index in [4.69, 9.17) is 14.2 Å². The second-order valence-corrected chi connectivity index (χ2v) is 11.2. The van der Waals surface area contributed by atoms with Crippen LogP contribution in [0.2, 0.25) is 0 Å². The molecule has 0 saturated carbocycles. The molecule has 2 amide bonds. The van der Waals surface area contributed by atoms with E-state index in [1.165, 1.54) is 30.2 Å². The second-order valence-electron chi connectivity index (χ2n) is 9.21. The number of carbonyl (C=O) groups excluding carboxylic acids is 2. The lowest BCUT2D eigenvalue weighted by molar-refractivity contribution is -0.115. The molecule has 0 aliphatic rings. The molecule has 5 aromatic rings. The van der Waals surface area contributed by atoms with E-state index in [1.807, 2.05) is 84.2 Å². The summed E-state index contributed by atoms with van der Waals surface area (Å²) >= 11 is 2.79. The van der Waals surface area contributed by atoms with Gasteiger partial charge in [0.15, 0.2) is 16.6 Å². The Bertz CT molecular complexity index is 1690. The standard InChI is InChI=1S/C33H29N3O5S2/c1-39-25-14-9-21(10-15-25)27-20-42-33(35-27)36-32(38)30(22-7-5-4-6-8-22)43-26-16-12-24(13-17-26)34-31(37)23-11-18-28(40-2)29(19-23)41-3/h4-20,30H,1-3H3,(H,34,37)(H,35,36,38). The number of hydrogen-bond donors (Lipinski definition) is 2. The molecule has 10 heteroatoms. The number of ether oxygens (including phenoxy) is 3. The molecule has 0 aliphatic carbocycles. The SMILES string of the molecule is COc1ccc(-c2csc(NC(=O)C(Sc3ccc(NC(=O)c4ccc(OC)c(OC)c4)cc3)c3ccccc3)n2)cc1. The van der Waals surface area contributed by atoms with Gasteiger partial charge in [-0.3, -0.25) is 9.59 Å². The Kier molecular flexibility index (Phi) is 9.60. The first kappa shape index (κ1) is 29.7. The fourth-order valence-corrected chi connectivity index (χ4v) is 5.98. The first-order valence-corrected chi connectivity index (χ1v) is 15.0. The molecule has 0 bridgehead atoms. The fraction of sp³-hybridized carbons (Fsp3) is 0.121. The van der Waals surface area contributed by atoms with E-state index < -0.39 is 5.25 Å². The van der Waals surface area contributed by atoms with E-state index in [0.717, 1.165) is 27.5 Å². The zero-order valence-electron chi connectivity index (χ0n) is 23.7. The predicted octanol–water partition coefficient (Wildman–Crippen LogP) is 7.56. The van der Waals surface area contributed by atoms with Crippen molar-refractivity contribution in [2.75, 3.05) is 32.0 Å². The van der Waals surface area contributed by atoms with E-state index in [2.05, 4.69) is 15.6 Å². The van der Waals surface area contributed by atoms with Gasteiger partial charge in [0.05, 0.1) is 27.0 Å². The molecule has 0 saturated heterocycles. The number of aromatic nitrogens is 1. The number of thioether (sulfide) groups is 1. The minimum absolute atomic E-state index is 0.183. The summed E-state index contributed by atoms with van der Waals surface area (Å²) in [6.07, 6.45) is 0. The number of nitrogens with zero attached hydrogens (tertiary/aromatic N) is 1. The third kappa shape index (κ3) is 7.35. The number of benzene rings is 4. The summed E-state index contributed by atoms with van der Waals surface area (Å²) in [6.45, 7) is 0. The lowest BCUT2D eigenvalue weighted by atomic mass is 10.1. The topological polar surface area (TPSA) is 98.8 Å². The van der Waals surface area contributed by atoms with Gasteiger partial charge in [-0.25, -0.2) is 4.98 Å². The fourth-order valence-electron chi connectivity index (χ4n) is 4.23. The molecule has 0 spiro atoms. The number of rotatable bonds is 11. The van der Waals surface area contributed by atoms with Gasteiger partial charge in [0.25, 0.3) is 5.91 Å². The van der Waals surface area contributed by atoms with Crippen LogP contribution in [0.1, 0.15) is 21.2 Å². The monoisotopic (exact) mass is 611 g/mol. The lowest BCUT2D eigenvalue weighted by Gasteiger charge is -2.16. The van der Waals surface area contributed by atoms with E-state index in [0.29, 0.717) is 27.9 Å². The van der Waals surface area contributed by atoms with Gasteiger partial charge >= 0.3 is 0 Å². The molecule has 43 heavy (non-hydrogen) atoms. The highest BCUT2D eigenvalue weighted by Gasteiger charge is 2.23. The van der Waals surface area contributed by atoms with Crippen molar-refractivity contribution < 1.29 is 23.8 Å². The maximum Gasteiger partial charge on any atom is 0.255 e. The highest BCUT2D eigenvalue weighted by Crippen LogP contribution is 2.37. The van der Waals surface area contributed by atoms with Gasteiger partial charge in [0.2, 0.25) is 5.91 Å². The van der Waals surface area contributed by atoms with Crippen LogP contribution in [0.25, 0.3) is 11.3 Å². The Morgan fingerprint density at radius 3 is 2.19 bits per heavy atom. The summed E-state index contributed by atoms with van der Waals surface area (Å²) in [5.74, 6) is 1.33. The third-order valence-corrected chi connectivity index (χ3v) is 8.50. The third-order valence-electron chi connectivity index (χ3n) is 6.47. The maximum atomic E-state index is 13.6. The minimum atomic E-state index is -0.526. The number of amides is 2. The van der Waals surface area contributed by atoms with Crippen LogP contribution < -0.4 is 24.8 Å². The molecule has 0 radical (unpaired) electrons. The Balaban J connectivity index is 1.28. The Morgan fingerprint density at radius 1 is 0.791 bits per heavy atom. The molecule has 1 atom stereocenters. The van der Waals surface area contributed by atoms with Gasteiger partial charge in [-0.05, 0) is 72.3 Å². The average Bonchev–Trinajstić information content (AvgIpc) is 3.52. The first-order chi connectivity index (χ1) is 21.0. The van der Waals surface area contributed by atoms with Crippen LogP contribution in [0, 0.1) is 0 Å². The number of anilines is 2. The van der Waals surface area contributed by atoms with E-state index in [-0.39, 0.29) is 11.8 Å². The van der Waals surface area contributed by atoms with Gasteiger partial charge in [-0.1, -0.05) is 30.3 Å². The molecule has 4 aromatic carbocycles. The van der Waals surface area contributed by atoms with Crippen LogP contribution in [0.3, 0.4) is 0 Å². The molecule has 1 heterocycles. The highest BCUT2D eigenvalue weighted by atomic mass is 32.2. The molecule has 218 valence electrons. The summed E-state index contributed by atoms with van der Waals surface area (Å²) < 4.78 is 15.8. The van der Waals surface area contributed by atoms with Crippen LogP contribution in [0.5, 0.6) is 17.2 Å². The molecular weight excluding hydrogens is 583 g/mol. The van der Waals surface area contributed by atoms with Crippen molar-refractivity contribution >= 4 is 45.7 Å². The molecule has 8 nitrogen and oxygen atoms in total. The Hall–Kier alpha value is -4.80. The largest absolute Gasteiger partial charge is 0.497 e. The predicted molar refractivity (Wildman–Crippen MR) is 172 cm³/mol. The molecule has 5 rings (SSSR count). The summed E-state index contributed by atoms with van der Waals surface area (Å²) in [5, 5.41) is 7.80.